The minimum atomic E-state index is -0.246. The summed E-state index contributed by atoms with van der Waals surface area (Å²) in [4.78, 5) is 11.3. The van der Waals surface area contributed by atoms with Crippen molar-refractivity contribution in [1.29, 1.82) is 0 Å². The summed E-state index contributed by atoms with van der Waals surface area (Å²) in [7, 11) is 0. The summed E-state index contributed by atoms with van der Waals surface area (Å²) in [5.74, 6) is -0.165. The third-order valence-corrected chi connectivity index (χ3v) is 1.56. The lowest BCUT2D eigenvalue weighted by Gasteiger charge is -2.01. The predicted molar refractivity (Wildman–Crippen MR) is 48.9 cm³/mol. The summed E-state index contributed by atoms with van der Waals surface area (Å²) < 4.78 is 0. The number of nitrogens with one attached hydrogen (secondary N) is 2. The van der Waals surface area contributed by atoms with Crippen molar-refractivity contribution in [2.45, 2.75) is 6.42 Å². The number of nitrogens with zero attached hydrogens (tertiary/aromatic N) is 2. The zero-order chi connectivity index (χ0) is 10.4. The molecule has 0 aromatic carbocycles. The summed E-state index contributed by atoms with van der Waals surface area (Å²) in [5, 5.41) is 19.7. The maximum Gasteiger partial charge on any atom is 0.254 e. The fourth-order valence-electron chi connectivity index (χ4n) is 0.831. The number of hydrogen-bond acceptors (Lipinski definition) is 4. The second kappa shape index (κ2) is 4.85. The van der Waals surface area contributed by atoms with Crippen LogP contribution in [0.15, 0.2) is 17.5 Å². The fourth-order valence-corrected chi connectivity index (χ4v) is 0.831. The van der Waals surface area contributed by atoms with E-state index in [1.165, 1.54) is 12.4 Å². The number of carbonyl (C=O) groups is 1. The van der Waals surface area contributed by atoms with Crippen LogP contribution in [0.2, 0.25) is 0 Å². The van der Waals surface area contributed by atoms with Crippen molar-refractivity contribution in [3.63, 3.8) is 0 Å². The molecule has 0 bridgehead atoms. The summed E-state index contributed by atoms with van der Waals surface area (Å²) >= 11 is 0. The van der Waals surface area contributed by atoms with E-state index in [9.17, 15) is 4.79 Å². The van der Waals surface area contributed by atoms with Crippen LogP contribution in [-0.2, 0) is 0 Å². The van der Waals surface area contributed by atoms with Gasteiger partial charge in [0.05, 0.1) is 11.8 Å². The highest BCUT2D eigenvalue weighted by molar-refractivity contribution is 5.93. The molecule has 0 aliphatic carbocycles. The lowest BCUT2D eigenvalue weighted by Crippen LogP contribution is -2.27. The Bertz CT molecular complexity index is 319. The number of carbonyl (C=O) groups excluding carboxylic acids is 1. The first kappa shape index (κ1) is 10.0. The number of rotatable bonds is 4. The van der Waals surface area contributed by atoms with Gasteiger partial charge in [0.25, 0.3) is 5.91 Å². The van der Waals surface area contributed by atoms with Crippen molar-refractivity contribution in [3.05, 3.63) is 18.0 Å². The molecule has 1 heterocycles. The molecule has 0 fully saturated rings. The molecular weight excluding hydrogens is 186 g/mol. The fraction of sp³-hybridized carbons (Fsp3) is 0.286. The Morgan fingerprint density at radius 3 is 3.14 bits per heavy atom. The van der Waals surface area contributed by atoms with E-state index in [0.717, 1.165) is 0 Å². The van der Waals surface area contributed by atoms with Gasteiger partial charge in [0.1, 0.15) is 5.84 Å². The van der Waals surface area contributed by atoms with Gasteiger partial charge >= 0.3 is 0 Å². The number of oxime groups is 1. The van der Waals surface area contributed by atoms with Gasteiger partial charge in [-0.1, -0.05) is 5.16 Å². The minimum Gasteiger partial charge on any atom is -0.409 e. The van der Waals surface area contributed by atoms with Crippen molar-refractivity contribution >= 4 is 11.7 Å². The Balaban J connectivity index is 2.29. The molecular formula is C7H11N5O2. The highest BCUT2D eigenvalue weighted by Crippen LogP contribution is 1.92. The highest BCUT2D eigenvalue weighted by Gasteiger charge is 2.05. The summed E-state index contributed by atoms with van der Waals surface area (Å²) in [6.07, 6.45) is 3.21. The van der Waals surface area contributed by atoms with Gasteiger partial charge in [-0.25, -0.2) is 0 Å². The van der Waals surface area contributed by atoms with Crippen molar-refractivity contribution in [3.8, 4) is 0 Å². The van der Waals surface area contributed by atoms with E-state index in [2.05, 4.69) is 20.7 Å². The van der Waals surface area contributed by atoms with Crippen LogP contribution >= 0.6 is 0 Å². The summed E-state index contributed by atoms with van der Waals surface area (Å²) in [6.45, 7) is 0.319. The molecule has 0 aliphatic heterocycles. The molecule has 0 unspecified atom stereocenters. The molecule has 0 atom stereocenters. The monoisotopic (exact) mass is 197 g/mol. The molecule has 7 nitrogen and oxygen atoms in total. The van der Waals surface area contributed by atoms with E-state index in [1.54, 1.807) is 0 Å². The SMILES string of the molecule is NC(CCNC(=O)c1cn[nH]c1)=NO. The molecule has 1 aromatic heterocycles. The zero-order valence-electron chi connectivity index (χ0n) is 7.40. The zero-order valence-corrected chi connectivity index (χ0v) is 7.40. The van der Waals surface area contributed by atoms with Gasteiger partial charge in [-0.05, 0) is 0 Å². The Morgan fingerprint density at radius 2 is 2.57 bits per heavy atom. The third-order valence-electron chi connectivity index (χ3n) is 1.56. The van der Waals surface area contributed by atoms with Crippen LogP contribution in [0, 0.1) is 0 Å². The van der Waals surface area contributed by atoms with E-state index < -0.39 is 0 Å². The summed E-state index contributed by atoms with van der Waals surface area (Å²) in [5.41, 5.74) is 5.66. The molecule has 1 amide bonds. The van der Waals surface area contributed by atoms with Crippen molar-refractivity contribution in [2.24, 2.45) is 10.9 Å². The molecule has 14 heavy (non-hydrogen) atoms. The van der Waals surface area contributed by atoms with Crippen LogP contribution in [0.1, 0.15) is 16.8 Å². The van der Waals surface area contributed by atoms with Crippen LogP contribution in [0.5, 0.6) is 0 Å². The Hall–Kier alpha value is -2.05. The largest absolute Gasteiger partial charge is 0.409 e. The number of amides is 1. The Kier molecular flexibility index (Phi) is 3.48. The number of H-pyrrole nitrogens is 1. The highest BCUT2D eigenvalue weighted by atomic mass is 16.4. The third kappa shape index (κ3) is 2.77. The number of nitrogens with two attached hydrogens (primary N) is 1. The molecule has 0 saturated heterocycles. The van der Waals surface area contributed by atoms with Crippen LogP contribution in [0.4, 0.5) is 0 Å². The van der Waals surface area contributed by atoms with Gasteiger partial charge in [0, 0.05) is 19.2 Å². The van der Waals surface area contributed by atoms with Crippen LogP contribution < -0.4 is 11.1 Å². The van der Waals surface area contributed by atoms with Gasteiger partial charge in [-0.2, -0.15) is 5.10 Å². The molecule has 0 aliphatic rings. The van der Waals surface area contributed by atoms with Gasteiger partial charge < -0.3 is 16.3 Å². The minimum absolute atomic E-state index is 0.0810. The molecule has 0 radical (unpaired) electrons. The molecule has 76 valence electrons. The van der Waals surface area contributed by atoms with Gasteiger partial charge in [-0.15, -0.1) is 0 Å². The first-order chi connectivity index (χ1) is 6.74. The lowest BCUT2D eigenvalue weighted by atomic mass is 10.3. The quantitative estimate of drug-likeness (QED) is 0.220. The van der Waals surface area contributed by atoms with Gasteiger partial charge in [0.15, 0.2) is 0 Å². The summed E-state index contributed by atoms with van der Waals surface area (Å²) in [6, 6.07) is 0. The van der Waals surface area contributed by atoms with Crippen molar-refractivity contribution in [1.82, 2.24) is 15.5 Å². The van der Waals surface area contributed by atoms with Crippen LogP contribution in [-0.4, -0.2) is 33.7 Å². The van der Waals surface area contributed by atoms with E-state index in [-0.39, 0.29) is 11.7 Å². The topological polar surface area (TPSA) is 116 Å². The maximum absolute atomic E-state index is 11.3. The molecule has 1 rings (SSSR count). The first-order valence-electron chi connectivity index (χ1n) is 3.97. The first-order valence-corrected chi connectivity index (χ1v) is 3.97. The van der Waals surface area contributed by atoms with Crippen molar-refractivity contribution in [2.75, 3.05) is 6.54 Å². The normalized spacial score (nSPS) is 11.3. The lowest BCUT2D eigenvalue weighted by molar-refractivity contribution is 0.0954. The molecule has 7 heteroatoms. The number of amidine groups is 1. The molecule has 0 saturated carbocycles. The number of aromatic amines is 1. The van der Waals surface area contributed by atoms with Gasteiger partial charge in [-0.3, -0.25) is 9.89 Å². The molecule has 5 N–H and O–H groups in total. The standard InChI is InChI=1S/C7H11N5O2/c8-6(12-14)1-2-9-7(13)5-3-10-11-4-5/h3-4,14H,1-2H2,(H2,8,12)(H,9,13)(H,10,11). The van der Waals surface area contributed by atoms with E-state index >= 15 is 0 Å². The molecule has 0 spiro atoms. The molecule has 1 aromatic rings. The van der Waals surface area contributed by atoms with E-state index in [1.807, 2.05) is 0 Å². The van der Waals surface area contributed by atoms with Gasteiger partial charge in [0.2, 0.25) is 0 Å². The maximum atomic E-state index is 11.3. The number of aromatic nitrogens is 2. The average molecular weight is 197 g/mol. The Morgan fingerprint density at radius 1 is 1.79 bits per heavy atom. The average Bonchev–Trinajstić information content (AvgIpc) is 2.70. The predicted octanol–water partition coefficient (Wildman–Crippen LogP) is -0.724. The van der Waals surface area contributed by atoms with Crippen LogP contribution in [0.25, 0.3) is 0 Å². The smallest absolute Gasteiger partial charge is 0.254 e. The number of hydrogen-bond donors (Lipinski definition) is 4. The van der Waals surface area contributed by atoms with Crippen LogP contribution in [0.3, 0.4) is 0 Å². The van der Waals surface area contributed by atoms with E-state index in [4.69, 9.17) is 10.9 Å². The Labute approximate surface area is 80.0 Å². The second-order valence-corrected chi connectivity index (χ2v) is 2.58. The van der Waals surface area contributed by atoms with Crippen molar-refractivity contribution < 1.29 is 10.0 Å². The second-order valence-electron chi connectivity index (χ2n) is 2.58. The van der Waals surface area contributed by atoms with E-state index in [0.29, 0.717) is 18.5 Å².